The van der Waals surface area contributed by atoms with Crippen molar-refractivity contribution in [1.29, 1.82) is 0 Å². The van der Waals surface area contributed by atoms with Crippen LogP contribution in [0.4, 0.5) is 0 Å². The molecule has 2 aliphatic heterocycles. The van der Waals surface area contributed by atoms with Crippen LogP contribution in [0.25, 0.3) is 79.0 Å². The molecule has 5 heterocycles. The predicted octanol–water partition coefficient (Wildman–Crippen LogP) is 11.9. The van der Waals surface area contributed by atoms with Crippen molar-refractivity contribution in [1.82, 2.24) is 19.9 Å². The molecule has 2 N–H and O–H groups in total. The minimum absolute atomic E-state index is 0.915. The standard InChI is InChI=1S/C20H14N4.C14H10.C13H10/c1-2-14-10-16-5-6-18(23-16)12-20-8-7-19(24-20)11-17-4-3-15(22-17)9-13(1)21-14;1-2-6-12-10-14-8-4-3-7-13(14)9-11(12)5-1;1-3-7-12-10(5-1)9-11-6-2-4-8-13(11)12/h1-12,21-22H;1-10H;1-8H,9H2. The summed E-state index contributed by atoms with van der Waals surface area (Å²) in [6.07, 6.45) is 9.15. The quantitative estimate of drug-likeness (QED) is 0.160. The van der Waals surface area contributed by atoms with Crippen molar-refractivity contribution in [3.05, 3.63) is 192 Å². The topological polar surface area (TPSA) is 57.4 Å². The van der Waals surface area contributed by atoms with Gasteiger partial charge in [-0.2, -0.15) is 0 Å². The van der Waals surface area contributed by atoms with Gasteiger partial charge in [-0.3, -0.25) is 0 Å². The molecule has 4 heteroatoms. The van der Waals surface area contributed by atoms with Gasteiger partial charge in [0.05, 0.1) is 22.8 Å². The van der Waals surface area contributed by atoms with Crippen LogP contribution in [-0.4, -0.2) is 19.9 Å². The molecular weight excluding hydrogens is 621 g/mol. The summed E-state index contributed by atoms with van der Waals surface area (Å²) < 4.78 is 0. The summed E-state index contributed by atoms with van der Waals surface area (Å²) in [4.78, 5) is 16.0. The number of nitrogens with zero attached hydrogens (tertiary/aromatic N) is 2. The van der Waals surface area contributed by atoms with E-state index < -0.39 is 0 Å². The van der Waals surface area contributed by atoms with E-state index in [1.165, 1.54) is 43.8 Å². The molecule has 0 spiro atoms. The molecule has 0 amide bonds. The molecule has 0 unspecified atom stereocenters. The minimum atomic E-state index is 0.915. The Bertz CT molecular complexity index is 2560. The third kappa shape index (κ3) is 6.63. The molecule has 3 aromatic heterocycles. The first-order valence-electron chi connectivity index (χ1n) is 17.3. The van der Waals surface area contributed by atoms with Crippen LogP contribution in [0, 0.1) is 0 Å². The summed E-state index contributed by atoms with van der Waals surface area (Å²) in [7, 11) is 0. The zero-order valence-corrected chi connectivity index (χ0v) is 27.9. The fraction of sp³-hybridized carbons (Fsp3) is 0.0213. The third-order valence-corrected chi connectivity index (χ3v) is 9.36. The van der Waals surface area contributed by atoms with Crippen molar-refractivity contribution in [2.45, 2.75) is 6.42 Å². The largest absolute Gasteiger partial charge is 0.355 e. The summed E-state index contributed by atoms with van der Waals surface area (Å²) in [6.45, 7) is 0. The van der Waals surface area contributed by atoms with Gasteiger partial charge in [0.25, 0.3) is 0 Å². The smallest absolute Gasteiger partial charge is 0.0659 e. The summed E-state index contributed by atoms with van der Waals surface area (Å²) in [5.74, 6) is 0. The molecule has 0 atom stereocenters. The third-order valence-electron chi connectivity index (χ3n) is 9.36. The molecule has 11 rings (SSSR count). The maximum Gasteiger partial charge on any atom is 0.0659 e. The van der Waals surface area contributed by atoms with Gasteiger partial charge in [0.2, 0.25) is 0 Å². The van der Waals surface area contributed by atoms with Crippen LogP contribution in [0.15, 0.2) is 158 Å². The van der Waals surface area contributed by atoms with Crippen LogP contribution in [-0.2, 0) is 6.42 Å². The summed E-state index contributed by atoms with van der Waals surface area (Å²) in [6, 6.07) is 55.1. The second-order valence-corrected chi connectivity index (χ2v) is 12.9. The van der Waals surface area contributed by atoms with Crippen LogP contribution >= 0.6 is 0 Å². The number of fused-ring (bicyclic) bond motifs is 13. The van der Waals surface area contributed by atoms with Crippen LogP contribution < -0.4 is 0 Å². The van der Waals surface area contributed by atoms with Gasteiger partial charge >= 0.3 is 0 Å². The van der Waals surface area contributed by atoms with Crippen molar-refractivity contribution in [2.24, 2.45) is 0 Å². The molecule has 8 aromatic rings. The molecule has 51 heavy (non-hydrogen) atoms. The molecule has 242 valence electrons. The van der Waals surface area contributed by atoms with Crippen LogP contribution in [0.2, 0.25) is 0 Å². The number of rotatable bonds is 0. The van der Waals surface area contributed by atoms with Crippen LogP contribution in [0.5, 0.6) is 0 Å². The Labute approximate surface area is 296 Å². The van der Waals surface area contributed by atoms with Crippen LogP contribution in [0.1, 0.15) is 33.9 Å². The Kier molecular flexibility index (Phi) is 7.88. The lowest BCUT2D eigenvalue weighted by molar-refractivity contribution is 1.26. The maximum atomic E-state index is 4.62. The van der Waals surface area contributed by atoms with E-state index >= 15 is 0 Å². The van der Waals surface area contributed by atoms with Crippen molar-refractivity contribution in [3.8, 4) is 11.1 Å². The second-order valence-electron chi connectivity index (χ2n) is 12.9. The van der Waals surface area contributed by atoms with Gasteiger partial charge in [-0.15, -0.1) is 0 Å². The number of hydrogen-bond donors (Lipinski definition) is 2. The molecule has 4 nitrogen and oxygen atoms in total. The summed E-state index contributed by atoms with van der Waals surface area (Å²) in [5.41, 5.74) is 13.6. The molecule has 0 fully saturated rings. The normalized spacial score (nSPS) is 12.1. The fourth-order valence-electron chi connectivity index (χ4n) is 6.91. The van der Waals surface area contributed by atoms with Gasteiger partial charge < -0.3 is 9.97 Å². The number of aromatic nitrogens is 4. The molecule has 8 bridgehead atoms. The fourth-order valence-corrected chi connectivity index (χ4v) is 6.91. The molecule has 1 aliphatic carbocycles. The lowest BCUT2D eigenvalue weighted by Crippen LogP contribution is -1.77. The van der Waals surface area contributed by atoms with Gasteiger partial charge in [-0.1, -0.05) is 97.1 Å². The highest BCUT2D eigenvalue weighted by Gasteiger charge is 2.15. The number of aromatic amines is 2. The molecule has 0 saturated heterocycles. The lowest BCUT2D eigenvalue weighted by Gasteiger charge is -2.00. The second kappa shape index (κ2) is 13.3. The number of hydrogen-bond acceptors (Lipinski definition) is 2. The van der Waals surface area contributed by atoms with Crippen molar-refractivity contribution >= 4 is 67.9 Å². The van der Waals surface area contributed by atoms with E-state index in [1.807, 2.05) is 42.5 Å². The van der Waals surface area contributed by atoms with E-state index in [9.17, 15) is 0 Å². The highest BCUT2D eigenvalue weighted by Crippen LogP contribution is 2.35. The highest BCUT2D eigenvalue weighted by molar-refractivity contribution is 5.98. The van der Waals surface area contributed by atoms with E-state index in [2.05, 4.69) is 159 Å². The van der Waals surface area contributed by atoms with Crippen LogP contribution in [0.3, 0.4) is 0 Å². The zero-order valence-electron chi connectivity index (χ0n) is 27.9. The molecule has 3 aliphatic rings. The first-order valence-corrected chi connectivity index (χ1v) is 17.3. The van der Waals surface area contributed by atoms with Gasteiger partial charge in [-0.25, -0.2) is 9.97 Å². The number of H-pyrrole nitrogens is 2. The SMILES string of the molecule is C1=Cc2cc3ccc(cc4ccc(cc5nc(cc1n2)C=C5)[nH]4)[nH]3.c1ccc2c(c1)Cc1ccccc1-2.c1ccc2cc3ccccc3cc2c1. The van der Waals surface area contributed by atoms with Gasteiger partial charge in [0, 0.05) is 22.1 Å². The Hall–Kier alpha value is -6.78. The van der Waals surface area contributed by atoms with Crippen molar-refractivity contribution < 1.29 is 0 Å². The number of nitrogens with one attached hydrogen (secondary N) is 2. The van der Waals surface area contributed by atoms with E-state index in [0.29, 0.717) is 0 Å². The van der Waals surface area contributed by atoms with Gasteiger partial charge in [0.15, 0.2) is 0 Å². The van der Waals surface area contributed by atoms with E-state index in [0.717, 1.165) is 51.3 Å². The molecular formula is C47H34N4. The van der Waals surface area contributed by atoms with Crippen molar-refractivity contribution in [2.75, 3.05) is 0 Å². The van der Waals surface area contributed by atoms with Crippen molar-refractivity contribution in [3.63, 3.8) is 0 Å². The first-order chi connectivity index (χ1) is 25.2. The number of benzene rings is 5. The van der Waals surface area contributed by atoms with E-state index in [-0.39, 0.29) is 0 Å². The van der Waals surface area contributed by atoms with Gasteiger partial charge in [0.1, 0.15) is 0 Å². The maximum absolute atomic E-state index is 4.62. The molecule has 5 aromatic carbocycles. The average Bonchev–Trinajstić information content (AvgIpc) is 4.02. The van der Waals surface area contributed by atoms with E-state index in [1.54, 1.807) is 0 Å². The predicted molar refractivity (Wildman–Crippen MR) is 215 cm³/mol. The minimum Gasteiger partial charge on any atom is -0.355 e. The summed E-state index contributed by atoms with van der Waals surface area (Å²) >= 11 is 0. The van der Waals surface area contributed by atoms with Gasteiger partial charge in [-0.05, 0) is 135 Å². The molecule has 0 radical (unpaired) electrons. The Morgan fingerprint density at radius 3 is 1.12 bits per heavy atom. The lowest BCUT2D eigenvalue weighted by atomic mass is 10.0. The monoisotopic (exact) mass is 654 g/mol. The van der Waals surface area contributed by atoms with E-state index in [4.69, 9.17) is 0 Å². The Morgan fingerprint density at radius 2 is 0.686 bits per heavy atom. The molecule has 0 saturated carbocycles. The Morgan fingerprint density at radius 1 is 0.333 bits per heavy atom. The average molecular weight is 655 g/mol. The zero-order chi connectivity index (χ0) is 34.0. The summed E-state index contributed by atoms with van der Waals surface area (Å²) in [5, 5.41) is 5.25. The highest BCUT2D eigenvalue weighted by atomic mass is 14.8. The first kappa shape index (κ1) is 30.3. The Balaban J connectivity index is 0.000000110.